The van der Waals surface area contributed by atoms with Crippen molar-refractivity contribution in [3.8, 4) is 11.8 Å². The Morgan fingerprint density at radius 1 is 1.36 bits per heavy atom. The van der Waals surface area contributed by atoms with Gasteiger partial charge in [0.25, 0.3) is 0 Å². The zero-order valence-corrected chi connectivity index (χ0v) is 12.6. The van der Waals surface area contributed by atoms with Crippen LogP contribution < -0.4 is 4.74 Å². The van der Waals surface area contributed by atoms with Crippen molar-refractivity contribution in [1.29, 1.82) is 5.26 Å². The summed E-state index contributed by atoms with van der Waals surface area (Å²) in [5.41, 5.74) is -0.418. The second-order valence-electron chi connectivity index (χ2n) is 4.75. The number of hydrogen-bond acceptors (Lipinski definition) is 6. The summed E-state index contributed by atoms with van der Waals surface area (Å²) in [6.07, 6.45) is 1.67. The van der Waals surface area contributed by atoms with Gasteiger partial charge < -0.3 is 4.74 Å². The van der Waals surface area contributed by atoms with Crippen molar-refractivity contribution in [2.75, 3.05) is 19.7 Å². The van der Waals surface area contributed by atoms with Crippen molar-refractivity contribution in [1.82, 2.24) is 4.31 Å². The van der Waals surface area contributed by atoms with Gasteiger partial charge in [-0.1, -0.05) is 0 Å². The van der Waals surface area contributed by atoms with Gasteiger partial charge >= 0.3 is 5.69 Å². The van der Waals surface area contributed by atoms with E-state index < -0.39 is 20.6 Å². The average molecular weight is 325 g/mol. The predicted octanol–water partition coefficient (Wildman–Crippen LogP) is 1.67. The second kappa shape index (κ2) is 6.72. The summed E-state index contributed by atoms with van der Waals surface area (Å²) < 4.78 is 31.3. The number of rotatable bonds is 6. The number of nitro benzene ring substituents is 1. The Labute approximate surface area is 128 Å². The zero-order chi connectivity index (χ0) is 16.2. The average Bonchev–Trinajstić information content (AvgIpc) is 3.02. The third kappa shape index (κ3) is 3.35. The van der Waals surface area contributed by atoms with Crippen LogP contribution in [-0.2, 0) is 10.0 Å². The predicted molar refractivity (Wildman–Crippen MR) is 76.8 cm³/mol. The van der Waals surface area contributed by atoms with Crippen LogP contribution in [0.1, 0.15) is 19.3 Å². The van der Waals surface area contributed by atoms with Crippen LogP contribution in [0.3, 0.4) is 0 Å². The molecule has 8 nitrogen and oxygen atoms in total. The molecule has 1 aliphatic heterocycles. The molecular formula is C13H15N3O5S. The third-order valence-corrected chi connectivity index (χ3v) is 5.20. The quantitative estimate of drug-likeness (QED) is 0.446. The van der Waals surface area contributed by atoms with Crippen molar-refractivity contribution < 1.29 is 18.1 Å². The first-order chi connectivity index (χ1) is 10.5. The largest absolute Gasteiger partial charge is 0.486 e. The van der Waals surface area contributed by atoms with E-state index in [1.165, 1.54) is 16.4 Å². The Hall–Kier alpha value is -2.18. The van der Waals surface area contributed by atoms with Crippen molar-refractivity contribution in [3.63, 3.8) is 0 Å². The second-order valence-corrected chi connectivity index (χ2v) is 6.69. The van der Waals surface area contributed by atoms with Crippen LogP contribution in [0.15, 0.2) is 23.1 Å². The molecule has 0 radical (unpaired) electrons. The topological polar surface area (TPSA) is 114 Å². The van der Waals surface area contributed by atoms with E-state index in [0.29, 0.717) is 13.1 Å². The van der Waals surface area contributed by atoms with Crippen molar-refractivity contribution >= 4 is 15.7 Å². The molecule has 1 fully saturated rings. The van der Waals surface area contributed by atoms with Crippen LogP contribution in [0.4, 0.5) is 5.69 Å². The van der Waals surface area contributed by atoms with Crippen molar-refractivity contribution in [2.45, 2.75) is 24.2 Å². The first-order valence-electron chi connectivity index (χ1n) is 6.75. The summed E-state index contributed by atoms with van der Waals surface area (Å²) in [4.78, 5) is 10.3. The molecule has 1 heterocycles. The van der Waals surface area contributed by atoms with Gasteiger partial charge in [0.1, 0.15) is 6.61 Å². The number of hydrogen-bond donors (Lipinski definition) is 0. The molecule has 1 saturated heterocycles. The van der Waals surface area contributed by atoms with E-state index in [2.05, 4.69) is 0 Å². The van der Waals surface area contributed by atoms with Crippen LogP contribution in [0, 0.1) is 21.4 Å². The Morgan fingerprint density at radius 3 is 2.64 bits per heavy atom. The van der Waals surface area contributed by atoms with Crippen LogP contribution >= 0.6 is 0 Å². The molecule has 0 aromatic heterocycles. The minimum atomic E-state index is -3.72. The smallest absolute Gasteiger partial charge is 0.312 e. The normalized spacial score (nSPS) is 15.4. The molecule has 1 aromatic rings. The summed E-state index contributed by atoms with van der Waals surface area (Å²) in [6, 6.07) is 5.43. The van der Waals surface area contributed by atoms with Crippen LogP contribution in [0.25, 0.3) is 0 Å². The minimum Gasteiger partial charge on any atom is -0.486 e. The molecule has 0 N–H and O–H groups in total. The molecule has 2 rings (SSSR count). The van der Waals surface area contributed by atoms with Gasteiger partial charge in [0.2, 0.25) is 10.0 Å². The van der Waals surface area contributed by atoms with Crippen LogP contribution in [0.5, 0.6) is 5.75 Å². The molecule has 0 bridgehead atoms. The highest BCUT2D eigenvalue weighted by Crippen LogP contribution is 2.31. The fraction of sp³-hybridized carbons (Fsp3) is 0.462. The lowest BCUT2D eigenvalue weighted by molar-refractivity contribution is -0.386. The number of nitrogens with zero attached hydrogens (tertiary/aromatic N) is 3. The Morgan fingerprint density at radius 2 is 2.05 bits per heavy atom. The van der Waals surface area contributed by atoms with E-state index in [0.717, 1.165) is 18.9 Å². The van der Waals surface area contributed by atoms with E-state index in [1.807, 2.05) is 6.07 Å². The van der Waals surface area contributed by atoms with Gasteiger partial charge in [-0.2, -0.15) is 9.57 Å². The van der Waals surface area contributed by atoms with Crippen LogP contribution in [0.2, 0.25) is 0 Å². The molecule has 118 valence electrons. The lowest BCUT2D eigenvalue weighted by atomic mass is 10.3. The molecule has 0 spiro atoms. The van der Waals surface area contributed by atoms with Gasteiger partial charge in [0.15, 0.2) is 5.75 Å². The van der Waals surface area contributed by atoms with Gasteiger partial charge in [-0.05, 0) is 25.0 Å². The molecule has 0 amide bonds. The maximum absolute atomic E-state index is 12.4. The van der Waals surface area contributed by atoms with Gasteiger partial charge in [0, 0.05) is 19.2 Å². The number of benzene rings is 1. The summed E-state index contributed by atoms with van der Waals surface area (Å²) in [7, 11) is -3.72. The van der Waals surface area contributed by atoms with Crippen molar-refractivity contribution in [3.05, 3.63) is 28.3 Å². The molecule has 9 heteroatoms. The number of sulfonamides is 1. The highest BCUT2D eigenvalue weighted by atomic mass is 32.2. The molecule has 1 aromatic carbocycles. The fourth-order valence-electron chi connectivity index (χ4n) is 2.21. The SMILES string of the molecule is N#CCCOc1ccc(S(=O)(=O)N2CCCC2)cc1[N+](=O)[O-]. The summed E-state index contributed by atoms with van der Waals surface area (Å²) in [5.74, 6) is -0.0411. The third-order valence-electron chi connectivity index (χ3n) is 3.30. The van der Waals surface area contributed by atoms with Gasteiger partial charge in [0.05, 0.1) is 22.3 Å². The molecule has 0 aliphatic carbocycles. The molecule has 0 unspecified atom stereocenters. The minimum absolute atomic E-state index is 0.00949. The zero-order valence-electron chi connectivity index (χ0n) is 11.8. The van der Waals surface area contributed by atoms with Gasteiger partial charge in [-0.15, -0.1) is 0 Å². The monoisotopic (exact) mass is 325 g/mol. The summed E-state index contributed by atoms with van der Waals surface area (Å²) in [5, 5.41) is 19.6. The Balaban J connectivity index is 2.33. The highest BCUT2D eigenvalue weighted by molar-refractivity contribution is 7.89. The van der Waals surface area contributed by atoms with Crippen molar-refractivity contribution in [2.24, 2.45) is 0 Å². The van der Waals surface area contributed by atoms with Gasteiger partial charge in [-0.3, -0.25) is 10.1 Å². The highest BCUT2D eigenvalue weighted by Gasteiger charge is 2.29. The molecule has 22 heavy (non-hydrogen) atoms. The number of nitriles is 1. The fourth-order valence-corrected chi connectivity index (χ4v) is 3.74. The Kier molecular flexibility index (Phi) is 4.95. The standard InChI is InChI=1S/C13H15N3O5S/c14-6-3-9-21-13-5-4-11(10-12(13)16(17)18)22(19,20)15-7-1-2-8-15/h4-5,10H,1-3,7-9H2. The lowest BCUT2D eigenvalue weighted by Gasteiger charge is -2.15. The van der Waals surface area contributed by atoms with E-state index in [9.17, 15) is 18.5 Å². The van der Waals surface area contributed by atoms with E-state index in [-0.39, 0.29) is 23.7 Å². The van der Waals surface area contributed by atoms with E-state index >= 15 is 0 Å². The maximum Gasteiger partial charge on any atom is 0.312 e. The maximum atomic E-state index is 12.4. The molecule has 1 aliphatic rings. The molecule has 0 saturated carbocycles. The Bertz CT molecular complexity index is 705. The number of nitro groups is 1. The lowest BCUT2D eigenvalue weighted by Crippen LogP contribution is -2.27. The van der Waals surface area contributed by atoms with Gasteiger partial charge in [-0.25, -0.2) is 8.42 Å². The molecular weight excluding hydrogens is 310 g/mol. The first-order valence-corrected chi connectivity index (χ1v) is 8.19. The van der Waals surface area contributed by atoms with E-state index in [1.54, 1.807) is 0 Å². The first kappa shape index (κ1) is 16.2. The summed E-state index contributed by atoms with van der Waals surface area (Å²) >= 11 is 0. The number of ether oxygens (including phenoxy) is 1. The summed E-state index contributed by atoms with van der Waals surface area (Å²) in [6.45, 7) is 0.864. The van der Waals surface area contributed by atoms with Crippen LogP contribution in [-0.4, -0.2) is 37.3 Å². The van der Waals surface area contributed by atoms with E-state index in [4.69, 9.17) is 10.00 Å². The molecule has 0 atom stereocenters.